The summed E-state index contributed by atoms with van der Waals surface area (Å²) in [5.74, 6) is 0.940. The largest absolute Gasteiger partial charge is 0.494 e. The second kappa shape index (κ2) is 8.95. The zero-order chi connectivity index (χ0) is 13.2. The van der Waals surface area contributed by atoms with Crippen molar-refractivity contribution < 1.29 is 9.47 Å². The van der Waals surface area contributed by atoms with E-state index >= 15 is 0 Å². The summed E-state index contributed by atoms with van der Waals surface area (Å²) < 4.78 is 10.7. The lowest BCUT2D eigenvalue weighted by atomic mass is 10.1. The van der Waals surface area contributed by atoms with Crippen LogP contribution in [0.5, 0.6) is 5.75 Å². The number of nitrogens with one attached hydrogen (secondary N) is 1. The molecule has 0 aliphatic heterocycles. The summed E-state index contributed by atoms with van der Waals surface area (Å²) in [5.41, 5.74) is 1.25. The van der Waals surface area contributed by atoms with Crippen molar-refractivity contribution in [2.75, 3.05) is 20.3 Å². The number of rotatable bonds is 9. The van der Waals surface area contributed by atoms with Gasteiger partial charge in [-0.3, -0.25) is 0 Å². The molecule has 0 aliphatic carbocycles. The molecular formula is C15H25NO2. The number of hydrogen-bond acceptors (Lipinski definition) is 3. The molecule has 0 aliphatic rings. The quantitative estimate of drug-likeness (QED) is 0.732. The molecule has 0 saturated heterocycles. The molecule has 1 atom stereocenters. The molecule has 0 radical (unpaired) electrons. The van der Waals surface area contributed by atoms with Gasteiger partial charge in [0.05, 0.1) is 13.2 Å². The van der Waals surface area contributed by atoms with Gasteiger partial charge in [0.25, 0.3) is 0 Å². The van der Waals surface area contributed by atoms with Gasteiger partial charge in [0, 0.05) is 19.7 Å². The minimum Gasteiger partial charge on any atom is -0.494 e. The fraction of sp³-hybridized carbons (Fsp3) is 0.600. The average molecular weight is 251 g/mol. The van der Waals surface area contributed by atoms with E-state index in [2.05, 4.69) is 24.4 Å². The molecule has 1 N–H and O–H groups in total. The Morgan fingerprint density at radius 1 is 1.28 bits per heavy atom. The molecule has 18 heavy (non-hydrogen) atoms. The molecule has 1 aromatic rings. The van der Waals surface area contributed by atoms with Crippen LogP contribution in [0, 0.1) is 0 Å². The van der Waals surface area contributed by atoms with Gasteiger partial charge in [-0.1, -0.05) is 25.5 Å². The van der Waals surface area contributed by atoms with Gasteiger partial charge in [0.1, 0.15) is 5.75 Å². The average Bonchev–Trinajstić information content (AvgIpc) is 2.37. The van der Waals surface area contributed by atoms with Gasteiger partial charge in [-0.05, 0) is 31.0 Å². The third kappa shape index (κ3) is 5.52. The van der Waals surface area contributed by atoms with E-state index in [9.17, 15) is 0 Å². The van der Waals surface area contributed by atoms with Crippen molar-refractivity contribution in [3.8, 4) is 5.75 Å². The Labute approximate surface area is 110 Å². The molecule has 1 unspecified atom stereocenters. The molecule has 0 aromatic heterocycles. The number of methoxy groups -OCH3 is 1. The maximum absolute atomic E-state index is 5.50. The Bertz CT molecular complexity index is 322. The summed E-state index contributed by atoms with van der Waals surface area (Å²) in [6, 6.07) is 8.66. The molecule has 3 nitrogen and oxygen atoms in total. The van der Waals surface area contributed by atoms with Crippen molar-refractivity contribution in [1.82, 2.24) is 5.32 Å². The lowest BCUT2D eigenvalue weighted by Gasteiger charge is -2.17. The van der Waals surface area contributed by atoms with Gasteiger partial charge in [0.15, 0.2) is 0 Å². The van der Waals surface area contributed by atoms with E-state index in [1.807, 2.05) is 19.1 Å². The van der Waals surface area contributed by atoms with Gasteiger partial charge in [0.2, 0.25) is 0 Å². The molecule has 3 heteroatoms. The van der Waals surface area contributed by atoms with Crippen LogP contribution in [0.2, 0.25) is 0 Å². The van der Waals surface area contributed by atoms with Crippen LogP contribution in [-0.2, 0) is 11.3 Å². The van der Waals surface area contributed by atoms with E-state index in [-0.39, 0.29) is 0 Å². The minimum atomic E-state index is 0.427. The maximum Gasteiger partial charge on any atom is 0.119 e. The molecule has 1 aromatic carbocycles. The van der Waals surface area contributed by atoms with Crippen LogP contribution in [0.15, 0.2) is 24.3 Å². The van der Waals surface area contributed by atoms with Crippen LogP contribution in [0.3, 0.4) is 0 Å². The summed E-state index contributed by atoms with van der Waals surface area (Å²) in [6.07, 6.45) is 2.30. The molecule has 0 spiro atoms. The first-order valence-corrected chi connectivity index (χ1v) is 6.74. The van der Waals surface area contributed by atoms with E-state index in [1.54, 1.807) is 7.11 Å². The second-order valence-corrected chi connectivity index (χ2v) is 4.40. The fourth-order valence-electron chi connectivity index (χ4n) is 1.97. The Morgan fingerprint density at radius 3 is 2.78 bits per heavy atom. The van der Waals surface area contributed by atoms with Crippen LogP contribution in [0.1, 0.15) is 32.3 Å². The lowest BCUT2D eigenvalue weighted by Crippen LogP contribution is -2.32. The molecule has 0 amide bonds. The molecule has 0 saturated carbocycles. The summed E-state index contributed by atoms with van der Waals surface area (Å²) in [7, 11) is 1.75. The third-order valence-corrected chi connectivity index (χ3v) is 2.81. The highest BCUT2D eigenvalue weighted by Gasteiger charge is 2.06. The van der Waals surface area contributed by atoms with Gasteiger partial charge < -0.3 is 14.8 Å². The predicted molar refractivity (Wildman–Crippen MR) is 75.0 cm³/mol. The van der Waals surface area contributed by atoms with E-state index in [0.29, 0.717) is 12.6 Å². The number of hydrogen-bond donors (Lipinski definition) is 1. The van der Waals surface area contributed by atoms with E-state index in [0.717, 1.165) is 25.3 Å². The van der Waals surface area contributed by atoms with Crippen LogP contribution < -0.4 is 10.1 Å². The topological polar surface area (TPSA) is 30.5 Å². The smallest absolute Gasteiger partial charge is 0.119 e. The molecular weight excluding hydrogens is 226 g/mol. The van der Waals surface area contributed by atoms with Crippen LogP contribution >= 0.6 is 0 Å². The summed E-state index contributed by atoms with van der Waals surface area (Å²) in [4.78, 5) is 0. The van der Waals surface area contributed by atoms with Crippen LogP contribution in [0.25, 0.3) is 0 Å². The van der Waals surface area contributed by atoms with Crippen molar-refractivity contribution in [1.29, 1.82) is 0 Å². The zero-order valence-corrected chi connectivity index (χ0v) is 11.7. The van der Waals surface area contributed by atoms with Gasteiger partial charge in [-0.25, -0.2) is 0 Å². The van der Waals surface area contributed by atoms with Crippen molar-refractivity contribution in [2.45, 2.75) is 39.3 Å². The fourth-order valence-corrected chi connectivity index (χ4v) is 1.97. The second-order valence-electron chi connectivity index (χ2n) is 4.40. The number of benzene rings is 1. The SMILES string of the molecule is CCCC(COC)NCc1cccc(OCC)c1. The molecule has 102 valence electrons. The molecule has 0 fully saturated rings. The van der Waals surface area contributed by atoms with Crippen molar-refractivity contribution in [3.63, 3.8) is 0 Å². The summed E-state index contributed by atoms with van der Waals surface area (Å²) >= 11 is 0. The standard InChI is InChI=1S/C15H25NO2/c1-4-7-14(12-17-3)16-11-13-8-6-9-15(10-13)18-5-2/h6,8-10,14,16H,4-5,7,11-12H2,1-3H3. The van der Waals surface area contributed by atoms with Crippen LogP contribution in [0.4, 0.5) is 0 Å². The highest BCUT2D eigenvalue weighted by Crippen LogP contribution is 2.13. The summed E-state index contributed by atoms with van der Waals surface area (Å²) in [5, 5.41) is 3.53. The lowest BCUT2D eigenvalue weighted by molar-refractivity contribution is 0.161. The summed E-state index contributed by atoms with van der Waals surface area (Å²) in [6.45, 7) is 6.52. The van der Waals surface area contributed by atoms with Gasteiger partial charge in [-0.2, -0.15) is 0 Å². The van der Waals surface area contributed by atoms with Crippen molar-refractivity contribution in [2.24, 2.45) is 0 Å². The predicted octanol–water partition coefficient (Wildman–Crippen LogP) is 2.99. The first-order valence-electron chi connectivity index (χ1n) is 6.74. The Balaban J connectivity index is 2.47. The monoisotopic (exact) mass is 251 g/mol. The third-order valence-electron chi connectivity index (χ3n) is 2.81. The molecule has 0 bridgehead atoms. The minimum absolute atomic E-state index is 0.427. The van der Waals surface area contributed by atoms with Crippen molar-refractivity contribution in [3.05, 3.63) is 29.8 Å². The van der Waals surface area contributed by atoms with Gasteiger partial charge >= 0.3 is 0 Å². The zero-order valence-electron chi connectivity index (χ0n) is 11.7. The Morgan fingerprint density at radius 2 is 2.11 bits per heavy atom. The van der Waals surface area contributed by atoms with Crippen LogP contribution in [-0.4, -0.2) is 26.4 Å². The Kier molecular flexibility index (Phi) is 7.46. The normalized spacial score (nSPS) is 12.4. The Hall–Kier alpha value is -1.06. The highest BCUT2D eigenvalue weighted by molar-refractivity contribution is 5.28. The first-order chi connectivity index (χ1) is 8.80. The maximum atomic E-state index is 5.50. The number of ether oxygens (including phenoxy) is 2. The van der Waals surface area contributed by atoms with Gasteiger partial charge in [-0.15, -0.1) is 0 Å². The highest BCUT2D eigenvalue weighted by atomic mass is 16.5. The van der Waals surface area contributed by atoms with E-state index in [1.165, 1.54) is 12.0 Å². The van der Waals surface area contributed by atoms with Crippen molar-refractivity contribution >= 4 is 0 Å². The van der Waals surface area contributed by atoms with E-state index < -0.39 is 0 Å². The molecule has 0 heterocycles. The van der Waals surface area contributed by atoms with E-state index in [4.69, 9.17) is 9.47 Å². The molecule has 1 rings (SSSR count). The first kappa shape index (κ1) is 15.0.